The second-order valence-electron chi connectivity index (χ2n) is 4.51. The fraction of sp³-hybridized carbons (Fsp3) is 0.462. The number of rotatable bonds is 6. The van der Waals surface area contributed by atoms with Gasteiger partial charge in [-0.05, 0) is 31.3 Å². The van der Waals surface area contributed by atoms with Crippen LogP contribution >= 0.6 is 11.8 Å². The zero-order valence-corrected chi connectivity index (χ0v) is 12.3. The van der Waals surface area contributed by atoms with Crippen molar-refractivity contribution >= 4 is 11.8 Å². The van der Waals surface area contributed by atoms with Gasteiger partial charge >= 0.3 is 0 Å². The lowest BCUT2D eigenvalue weighted by Crippen LogP contribution is -2.30. The third-order valence-electron chi connectivity index (χ3n) is 2.86. The Morgan fingerprint density at radius 3 is 2.63 bits per heavy atom. The van der Waals surface area contributed by atoms with Crippen molar-refractivity contribution in [1.82, 2.24) is 25.5 Å². The highest BCUT2D eigenvalue weighted by Crippen LogP contribution is 2.19. The molecule has 0 spiro atoms. The first-order valence-corrected chi connectivity index (χ1v) is 7.25. The number of nitrogens with zero attached hydrogens (tertiary/aromatic N) is 4. The van der Waals surface area contributed by atoms with E-state index in [2.05, 4.69) is 51.9 Å². The summed E-state index contributed by atoms with van der Waals surface area (Å²) in [6.45, 7) is 2.10. The molecule has 1 aromatic heterocycles. The van der Waals surface area contributed by atoms with Crippen LogP contribution in [0.25, 0.3) is 0 Å². The Morgan fingerprint density at radius 2 is 2.05 bits per heavy atom. The van der Waals surface area contributed by atoms with Crippen molar-refractivity contribution < 1.29 is 0 Å². The van der Waals surface area contributed by atoms with Crippen LogP contribution in [0.1, 0.15) is 11.4 Å². The van der Waals surface area contributed by atoms with E-state index in [-0.39, 0.29) is 0 Å². The molecule has 102 valence electrons. The molecule has 6 heteroatoms. The number of tetrazole rings is 1. The molecule has 5 nitrogen and oxygen atoms in total. The van der Waals surface area contributed by atoms with Gasteiger partial charge in [0.15, 0.2) is 5.82 Å². The molecule has 2 rings (SSSR count). The predicted molar refractivity (Wildman–Crippen MR) is 77.3 cm³/mol. The molecule has 1 N–H and O–H groups in total. The van der Waals surface area contributed by atoms with Crippen LogP contribution < -0.4 is 5.32 Å². The molecule has 0 aliphatic heterocycles. The summed E-state index contributed by atoms with van der Waals surface area (Å²) in [5.41, 5.74) is 1.29. The highest BCUT2D eigenvalue weighted by molar-refractivity contribution is 7.99. The van der Waals surface area contributed by atoms with Gasteiger partial charge in [-0.2, -0.15) is 4.80 Å². The largest absolute Gasteiger partial charge is 0.316 e. The Morgan fingerprint density at radius 1 is 1.32 bits per heavy atom. The Balaban J connectivity index is 1.87. The molecule has 0 saturated heterocycles. The topological polar surface area (TPSA) is 55.6 Å². The highest BCUT2D eigenvalue weighted by Gasteiger charge is 2.11. The van der Waals surface area contributed by atoms with E-state index in [4.69, 9.17) is 0 Å². The monoisotopic (exact) mass is 277 g/mol. The van der Waals surface area contributed by atoms with Gasteiger partial charge in [0, 0.05) is 23.1 Å². The minimum atomic E-state index is 0.343. The molecule has 0 radical (unpaired) electrons. The summed E-state index contributed by atoms with van der Waals surface area (Å²) in [5, 5.41) is 15.4. The van der Waals surface area contributed by atoms with E-state index in [9.17, 15) is 0 Å². The first-order valence-electron chi connectivity index (χ1n) is 6.27. The zero-order valence-electron chi connectivity index (χ0n) is 11.5. The van der Waals surface area contributed by atoms with Crippen molar-refractivity contribution in [2.45, 2.75) is 24.3 Å². The van der Waals surface area contributed by atoms with Crippen LogP contribution in [0.4, 0.5) is 0 Å². The maximum Gasteiger partial charge on any atom is 0.176 e. The Kier molecular flexibility index (Phi) is 4.93. The van der Waals surface area contributed by atoms with Gasteiger partial charge in [-0.15, -0.1) is 22.0 Å². The Hall–Kier alpha value is -1.40. The van der Waals surface area contributed by atoms with Gasteiger partial charge in [0.1, 0.15) is 0 Å². The van der Waals surface area contributed by atoms with E-state index in [1.54, 1.807) is 7.05 Å². The zero-order chi connectivity index (χ0) is 13.7. The number of thioether (sulfide) groups is 1. The summed E-state index contributed by atoms with van der Waals surface area (Å²) in [5.74, 6) is 1.77. The van der Waals surface area contributed by atoms with Crippen molar-refractivity contribution in [3.8, 4) is 0 Å². The molecule has 19 heavy (non-hydrogen) atoms. The lowest BCUT2D eigenvalue weighted by Gasteiger charge is -2.13. The SMILES string of the molecule is CNC(CSc1ccc(C)cc1)Cc1nnn(C)n1. The van der Waals surface area contributed by atoms with Gasteiger partial charge in [-0.3, -0.25) is 0 Å². The first kappa shape index (κ1) is 14.0. The summed E-state index contributed by atoms with van der Waals surface area (Å²) < 4.78 is 0. The van der Waals surface area contributed by atoms with Crippen molar-refractivity contribution in [3.05, 3.63) is 35.7 Å². The van der Waals surface area contributed by atoms with E-state index in [0.717, 1.165) is 18.0 Å². The standard InChI is InChI=1S/C13H19N5S/c1-10-4-6-12(7-5-10)19-9-11(14-2)8-13-15-17-18(3)16-13/h4-7,11,14H,8-9H2,1-3H3. The second kappa shape index (κ2) is 6.68. The van der Waals surface area contributed by atoms with Crippen LogP contribution in [0.15, 0.2) is 29.2 Å². The Labute approximate surface area is 117 Å². The van der Waals surface area contributed by atoms with Gasteiger partial charge in [-0.1, -0.05) is 17.7 Å². The lowest BCUT2D eigenvalue weighted by molar-refractivity contribution is 0.591. The molecule has 0 bridgehead atoms. The van der Waals surface area contributed by atoms with E-state index in [1.165, 1.54) is 15.3 Å². The van der Waals surface area contributed by atoms with Crippen LogP contribution in [0.3, 0.4) is 0 Å². The minimum Gasteiger partial charge on any atom is -0.316 e. The fourth-order valence-electron chi connectivity index (χ4n) is 1.70. The summed E-state index contributed by atoms with van der Waals surface area (Å²) >= 11 is 1.84. The first-order chi connectivity index (χ1) is 9.17. The highest BCUT2D eigenvalue weighted by atomic mass is 32.2. The van der Waals surface area contributed by atoms with Crippen LogP contribution in [-0.4, -0.2) is 39.0 Å². The van der Waals surface area contributed by atoms with E-state index < -0.39 is 0 Å². The maximum absolute atomic E-state index is 4.21. The fourth-order valence-corrected chi connectivity index (χ4v) is 2.71. The van der Waals surface area contributed by atoms with Crippen LogP contribution in [-0.2, 0) is 13.5 Å². The summed E-state index contributed by atoms with van der Waals surface area (Å²) in [6.07, 6.45) is 0.795. The molecule has 0 fully saturated rings. The van der Waals surface area contributed by atoms with Gasteiger partial charge in [0.05, 0.1) is 7.05 Å². The number of hydrogen-bond donors (Lipinski definition) is 1. The normalized spacial score (nSPS) is 12.6. The summed E-state index contributed by atoms with van der Waals surface area (Å²) in [6, 6.07) is 8.94. The predicted octanol–water partition coefficient (Wildman–Crippen LogP) is 1.44. The maximum atomic E-state index is 4.21. The quantitative estimate of drug-likeness (QED) is 0.810. The third kappa shape index (κ3) is 4.33. The van der Waals surface area contributed by atoms with Crippen molar-refractivity contribution in [2.75, 3.05) is 12.8 Å². The lowest BCUT2D eigenvalue weighted by atomic mass is 10.2. The summed E-state index contributed by atoms with van der Waals surface area (Å²) in [7, 11) is 3.75. The van der Waals surface area contributed by atoms with E-state index in [0.29, 0.717) is 6.04 Å². The smallest absolute Gasteiger partial charge is 0.176 e. The Bertz CT molecular complexity index is 508. The molecule has 2 aromatic rings. The molecule has 0 saturated carbocycles. The van der Waals surface area contributed by atoms with Crippen molar-refractivity contribution in [1.29, 1.82) is 0 Å². The van der Waals surface area contributed by atoms with Crippen LogP contribution in [0, 0.1) is 6.92 Å². The third-order valence-corrected chi connectivity index (χ3v) is 4.03. The molecule has 1 atom stereocenters. The number of aryl methyl sites for hydroxylation is 2. The number of hydrogen-bond acceptors (Lipinski definition) is 5. The molecule has 0 aliphatic carbocycles. The number of aromatic nitrogens is 4. The molecular formula is C13H19N5S. The molecular weight excluding hydrogens is 258 g/mol. The number of nitrogens with one attached hydrogen (secondary N) is 1. The molecule has 1 aromatic carbocycles. The average Bonchev–Trinajstić information content (AvgIpc) is 2.82. The number of benzene rings is 1. The number of likely N-dealkylation sites (N-methyl/N-ethyl adjacent to an activating group) is 1. The molecule has 0 amide bonds. The van der Waals surface area contributed by atoms with Crippen molar-refractivity contribution in [2.24, 2.45) is 7.05 Å². The van der Waals surface area contributed by atoms with E-state index >= 15 is 0 Å². The average molecular weight is 277 g/mol. The van der Waals surface area contributed by atoms with Gasteiger partial charge in [0.2, 0.25) is 0 Å². The minimum absolute atomic E-state index is 0.343. The van der Waals surface area contributed by atoms with E-state index in [1.807, 2.05) is 18.8 Å². The van der Waals surface area contributed by atoms with Crippen molar-refractivity contribution in [3.63, 3.8) is 0 Å². The van der Waals surface area contributed by atoms with Crippen LogP contribution in [0.2, 0.25) is 0 Å². The second-order valence-corrected chi connectivity index (χ2v) is 5.60. The van der Waals surface area contributed by atoms with Gasteiger partial charge < -0.3 is 5.32 Å². The van der Waals surface area contributed by atoms with Gasteiger partial charge in [-0.25, -0.2) is 0 Å². The summed E-state index contributed by atoms with van der Waals surface area (Å²) in [4.78, 5) is 2.78. The van der Waals surface area contributed by atoms with Gasteiger partial charge in [0.25, 0.3) is 0 Å². The molecule has 1 unspecified atom stereocenters. The van der Waals surface area contributed by atoms with Crippen LogP contribution in [0.5, 0.6) is 0 Å². The molecule has 1 heterocycles. The molecule has 0 aliphatic rings.